The number of fused-ring (bicyclic) bond motifs is 1. The molecule has 8 nitrogen and oxygen atoms in total. The molecule has 0 bridgehead atoms. The molecule has 0 radical (unpaired) electrons. The second-order valence-corrected chi connectivity index (χ2v) is 8.35. The van der Waals surface area contributed by atoms with Gasteiger partial charge in [0.2, 0.25) is 5.91 Å². The van der Waals surface area contributed by atoms with Crippen molar-refractivity contribution in [2.24, 2.45) is 5.92 Å². The molecule has 0 saturated carbocycles. The summed E-state index contributed by atoms with van der Waals surface area (Å²) in [5, 5.41) is 0.618. The van der Waals surface area contributed by atoms with Crippen molar-refractivity contribution in [3.63, 3.8) is 0 Å². The Bertz CT molecular complexity index is 951. The zero-order valence-corrected chi connectivity index (χ0v) is 17.9. The summed E-state index contributed by atoms with van der Waals surface area (Å²) in [7, 11) is 3.71. The number of benzene rings is 1. The van der Waals surface area contributed by atoms with Crippen LogP contribution in [0.3, 0.4) is 0 Å². The maximum Gasteiger partial charge on any atom is 0.261 e. The van der Waals surface area contributed by atoms with Crippen molar-refractivity contribution in [3.05, 3.63) is 34.9 Å². The highest BCUT2D eigenvalue weighted by Crippen LogP contribution is 2.22. The van der Waals surface area contributed by atoms with Crippen LogP contribution in [0.4, 0.5) is 5.69 Å². The predicted octanol–water partition coefficient (Wildman–Crippen LogP) is 1.03. The first kappa shape index (κ1) is 20.8. The number of carbonyl (C=O) groups excluding carboxylic acids is 1. The van der Waals surface area contributed by atoms with Crippen LogP contribution >= 0.6 is 0 Å². The number of ether oxygens (including phenoxy) is 1. The van der Waals surface area contributed by atoms with Crippen LogP contribution in [-0.4, -0.2) is 85.3 Å². The number of piperazine rings is 1. The topological polar surface area (TPSA) is 70.9 Å². The SMILES string of the molecule is COCCn1cnc2cc(N3CCN(C(=O)C4CCCN(C)C4)CC3)ccc2c1=O. The summed E-state index contributed by atoms with van der Waals surface area (Å²) >= 11 is 0. The number of aromatic nitrogens is 2. The van der Waals surface area contributed by atoms with Crippen molar-refractivity contribution in [3.8, 4) is 0 Å². The van der Waals surface area contributed by atoms with E-state index in [-0.39, 0.29) is 11.5 Å². The van der Waals surface area contributed by atoms with Crippen molar-refractivity contribution >= 4 is 22.5 Å². The number of hydrogen-bond donors (Lipinski definition) is 0. The van der Waals surface area contributed by atoms with Crippen LogP contribution in [0.25, 0.3) is 10.9 Å². The summed E-state index contributed by atoms with van der Waals surface area (Å²) in [4.78, 5) is 36.5. The molecule has 1 aromatic heterocycles. The fraction of sp³-hybridized carbons (Fsp3) is 0.591. The molecule has 1 aromatic carbocycles. The van der Waals surface area contributed by atoms with Crippen LogP contribution in [0.1, 0.15) is 12.8 Å². The van der Waals surface area contributed by atoms with Gasteiger partial charge in [-0.1, -0.05) is 0 Å². The lowest BCUT2D eigenvalue weighted by molar-refractivity contribution is -0.137. The van der Waals surface area contributed by atoms with Gasteiger partial charge in [-0.3, -0.25) is 14.2 Å². The van der Waals surface area contributed by atoms with E-state index in [9.17, 15) is 9.59 Å². The molecular formula is C22H31N5O3. The van der Waals surface area contributed by atoms with Crippen molar-refractivity contribution in [1.82, 2.24) is 19.4 Å². The summed E-state index contributed by atoms with van der Waals surface area (Å²) in [5.41, 5.74) is 1.71. The van der Waals surface area contributed by atoms with Gasteiger partial charge >= 0.3 is 0 Å². The molecule has 3 heterocycles. The van der Waals surface area contributed by atoms with E-state index in [0.717, 1.165) is 57.8 Å². The molecule has 1 atom stereocenters. The quantitative estimate of drug-likeness (QED) is 0.729. The summed E-state index contributed by atoms with van der Waals surface area (Å²) in [6, 6.07) is 5.82. The standard InChI is InChI=1S/C22H31N5O3/c1-24-7-3-4-17(15-24)21(28)26-10-8-25(9-11-26)18-5-6-19-20(14-18)23-16-27(22(19)29)12-13-30-2/h5-6,14,16-17H,3-4,7-13,15H2,1-2H3. The number of likely N-dealkylation sites (tertiary alicyclic amines) is 1. The molecule has 2 aromatic rings. The fourth-order valence-electron chi connectivity index (χ4n) is 4.50. The summed E-state index contributed by atoms with van der Waals surface area (Å²) in [5.74, 6) is 0.443. The normalized spacial score (nSPS) is 20.7. The Morgan fingerprint density at radius 1 is 1.20 bits per heavy atom. The molecule has 2 saturated heterocycles. The average molecular weight is 414 g/mol. The van der Waals surface area contributed by atoms with Crippen LogP contribution in [0.5, 0.6) is 0 Å². The molecule has 30 heavy (non-hydrogen) atoms. The van der Waals surface area contributed by atoms with E-state index in [0.29, 0.717) is 30.0 Å². The minimum atomic E-state index is -0.0449. The Morgan fingerprint density at radius 2 is 2.00 bits per heavy atom. The first-order valence-electron chi connectivity index (χ1n) is 10.8. The molecule has 8 heteroatoms. The Labute approximate surface area is 177 Å². The molecular weight excluding hydrogens is 382 g/mol. The highest BCUT2D eigenvalue weighted by atomic mass is 16.5. The monoisotopic (exact) mass is 413 g/mol. The number of piperidine rings is 1. The van der Waals surface area contributed by atoms with E-state index < -0.39 is 0 Å². The second kappa shape index (κ2) is 9.14. The van der Waals surface area contributed by atoms with Crippen LogP contribution in [0.2, 0.25) is 0 Å². The van der Waals surface area contributed by atoms with E-state index in [2.05, 4.69) is 21.8 Å². The highest BCUT2D eigenvalue weighted by molar-refractivity contribution is 5.82. The zero-order chi connectivity index (χ0) is 21.1. The van der Waals surface area contributed by atoms with Gasteiger partial charge in [-0.15, -0.1) is 0 Å². The largest absolute Gasteiger partial charge is 0.383 e. The Morgan fingerprint density at radius 3 is 2.73 bits per heavy atom. The van der Waals surface area contributed by atoms with Gasteiger partial charge in [0.05, 0.1) is 36.3 Å². The first-order chi connectivity index (χ1) is 14.6. The van der Waals surface area contributed by atoms with Gasteiger partial charge in [-0.25, -0.2) is 4.98 Å². The minimum Gasteiger partial charge on any atom is -0.383 e. The fourth-order valence-corrected chi connectivity index (χ4v) is 4.50. The summed E-state index contributed by atoms with van der Waals surface area (Å²) in [6.45, 7) is 6.00. The molecule has 0 aliphatic carbocycles. The Hall–Kier alpha value is -2.45. The van der Waals surface area contributed by atoms with Gasteiger partial charge in [0.25, 0.3) is 5.56 Å². The maximum atomic E-state index is 12.9. The number of methoxy groups -OCH3 is 1. The van der Waals surface area contributed by atoms with Crippen molar-refractivity contribution in [2.45, 2.75) is 19.4 Å². The van der Waals surface area contributed by atoms with Gasteiger partial charge in [-0.2, -0.15) is 0 Å². The molecule has 162 valence electrons. The lowest BCUT2D eigenvalue weighted by Gasteiger charge is -2.39. The number of rotatable bonds is 5. The van der Waals surface area contributed by atoms with Crippen LogP contribution in [-0.2, 0) is 16.1 Å². The van der Waals surface area contributed by atoms with Crippen molar-refractivity contribution in [1.29, 1.82) is 0 Å². The molecule has 0 spiro atoms. The molecule has 2 aliphatic rings. The van der Waals surface area contributed by atoms with Crippen molar-refractivity contribution in [2.75, 3.05) is 64.9 Å². The van der Waals surface area contributed by atoms with E-state index in [4.69, 9.17) is 4.74 Å². The van der Waals surface area contributed by atoms with Crippen LogP contribution in [0.15, 0.2) is 29.3 Å². The number of hydrogen-bond acceptors (Lipinski definition) is 6. The van der Waals surface area contributed by atoms with Gasteiger partial charge < -0.3 is 19.4 Å². The Kier molecular flexibility index (Phi) is 6.34. The van der Waals surface area contributed by atoms with E-state index in [1.807, 2.05) is 23.1 Å². The smallest absolute Gasteiger partial charge is 0.261 e. The third kappa shape index (κ3) is 4.34. The average Bonchev–Trinajstić information content (AvgIpc) is 2.78. The summed E-state index contributed by atoms with van der Waals surface area (Å²) < 4.78 is 6.64. The third-order valence-corrected chi connectivity index (χ3v) is 6.28. The first-order valence-corrected chi connectivity index (χ1v) is 10.8. The number of nitrogens with zero attached hydrogens (tertiary/aromatic N) is 5. The molecule has 1 amide bonds. The third-order valence-electron chi connectivity index (χ3n) is 6.28. The Balaban J connectivity index is 1.42. The molecule has 0 N–H and O–H groups in total. The van der Waals surface area contributed by atoms with E-state index >= 15 is 0 Å². The second-order valence-electron chi connectivity index (χ2n) is 8.35. The molecule has 4 rings (SSSR count). The molecule has 1 unspecified atom stereocenters. The minimum absolute atomic E-state index is 0.0449. The van der Waals surface area contributed by atoms with Crippen molar-refractivity contribution < 1.29 is 9.53 Å². The van der Waals surface area contributed by atoms with Gasteiger partial charge in [-0.05, 0) is 44.6 Å². The van der Waals surface area contributed by atoms with Gasteiger partial charge in [0.1, 0.15) is 0 Å². The zero-order valence-electron chi connectivity index (χ0n) is 17.9. The predicted molar refractivity (Wildman–Crippen MR) is 117 cm³/mol. The van der Waals surface area contributed by atoms with Crippen LogP contribution < -0.4 is 10.5 Å². The number of amides is 1. The molecule has 2 aliphatic heterocycles. The maximum absolute atomic E-state index is 12.9. The highest BCUT2D eigenvalue weighted by Gasteiger charge is 2.30. The number of anilines is 1. The lowest BCUT2D eigenvalue weighted by atomic mass is 9.96. The number of carbonyl (C=O) groups is 1. The lowest BCUT2D eigenvalue weighted by Crippen LogP contribution is -2.52. The van der Waals surface area contributed by atoms with Gasteiger partial charge in [0.15, 0.2) is 0 Å². The van der Waals surface area contributed by atoms with E-state index in [1.165, 1.54) is 0 Å². The van der Waals surface area contributed by atoms with E-state index in [1.54, 1.807) is 18.0 Å². The van der Waals surface area contributed by atoms with Gasteiger partial charge in [0, 0.05) is 45.5 Å². The summed E-state index contributed by atoms with van der Waals surface area (Å²) in [6.07, 6.45) is 3.69. The molecule has 2 fully saturated rings. The van der Waals surface area contributed by atoms with Crippen LogP contribution in [0, 0.1) is 5.92 Å².